The molecule has 0 spiro atoms. The molecule has 3 aromatic rings. The molecule has 116 valence electrons. The number of hydrogen-bond acceptors (Lipinski definition) is 6. The smallest absolute Gasteiger partial charge is 0.140 e. The fraction of sp³-hybridized carbons (Fsp3) is 0.235. The van der Waals surface area contributed by atoms with Gasteiger partial charge in [-0.15, -0.1) is 0 Å². The third-order valence-electron chi connectivity index (χ3n) is 4.02. The first-order valence-corrected chi connectivity index (χ1v) is 7.59. The number of ether oxygens (including phenoxy) is 1. The quantitative estimate of drug-likeness (QED) is 0.781. The van der Waals surface area contributed by atoms with E-state index in [1.165, 1.54) is 0 Å². The second-order valence-electron chi connectivity index (χ2n) is 5.54. The Bertz CT molecular complexity index is 845. The Balaban J connectivity index is 1.83. The highest BCUT2D eigenvalue weighted by molar-refractivity contribution is 5.93. The Morgan fingerprint density at radius 2 is 1.87 bits per heavy atom. The second-order valence-corrected chi connectivity index (χ2v) is 5.54. The fourth-order valence-corrected chi connectivity index (χ4v) is 2.87. The predicted octanol–water partition coefficient (Wildman–Crippen LogP) is 2.11. The number of nitrogens with two attached hydrogens (primary N) is 1. The lowest BCUT2D eigenvalue weighted by Crippen LogP contribution is -2.36. The number of anilines is 2. The van der Waals surface area contributed by atoms with E-state index in [-0.39, 0.29) is 0 Å². The fourth-order valence-electron chi connectivity index (χ4n) is 2.87. The SMILES string of the molecule is Nc1cncc(-c2ccc3ncnc(N4CCOCC4)c3c2)c1. The minimum atomic E-state index is 0.653. The van der Waals surface area contributed by atoms with Crippen LogP contribution in [0.3, 0.4) is 0 Å². The van der Waals surface area contributed by atoms with Crippen molar-refractivity contribution >= 4 is 22.4 Å². The maximum Gasteiger partial charge on any atom is 0.140 e. The van der Waals surface area contributed by atoms with Crippen molar-refractivity contribution in [2.75, 3.05) is 36.9 Å². The highest BCUT2D eigenvalue weighted by atomic mass is 16.5. The van der Waals surface area contributed by atoms with Gasteiger partial charge in [0.05, 0.1) is 24.4 Å². The monoisotopic (exact) mass is 307 g/mol. The van der Waals surface area contributed by atoms with Crippen molar-refractivity contribution < 1.29 is 4.74 Å². The Morgan fingerprint density at radius 1 is 1.00 bits per heavy atom. The third kappa shape index (κ3) is 2.68. The summed E-state index contributed by atoms with van der Waals surface area (Å²) in [5, 5.41) is 1.04. The molecule has 4 rings (SSSR count). The number of aromatic nitrogens is 3. The molecule has 23 heavy (non-hydrogen) atoms. The van der Waals surface area contributed by atoms with Crippen LogP contribution in [-0.4, -0.2) is 41.3 Å². The highest BCUT2D eigenvalue weighted by Gasteiger charge is 2.16. The zero-order valence-electron chi connectivity index (χ0n) is 12.6. The molecule has 0 aliphatic carbocycles. The van der Waals surface area contributed by atoms with Crippen molar-refractivity contribution in [2.45, 2.75) is 0 Å². The topological polar surface area (TPSA) is 77.2 Å². The van der Waals surface area contributed by atoms with E-state index in [0.29, 0.717) is 5.69 Å². The van der Waals surface area contributed by atoms with E-state index in [9.17, 15) is 0 Å². The first-order chi connectivity index (χ1) is 11.3. The van der Waals surface area contributed by atoms with Crippen molar-refractivity contribution in [3.63, 3.8) is 0 Å². The van der Waals surface area contributed by atoms with Crippen LogP contribution in [0.1, 0.15) is 0 Å². The normalized spacial score (nSPS) is 15.0. The summed E-state index contributed by atoms with van der Waals surface area (Å²) in [6.07, 6.45) is 5.08. The number of hydrogen-bond donors (Lipinski definition) is 1. The highest BCUT2D eigenvalue weighted by Crippen LogP contribution is 2.29. The third-order valence-corrected chi connectivity index (χ3v) is 4.02. The number of benzene rings is 1. The van der Waals surface area contributed by atoms with E-state index < -0.39 is 0 Å². The zero-order chi connectivity index (χ0) is 15.6. The summed E-state index contributed by atoms with van der Waals surface area (Å²) in [5.41, 5.74) is 9.48. The molecule has 1 aromatic carbocycles. The molecule has 6 heteroatoms. The van der Waals surface area contributed by atoms with Gasteiger partial charge < -0.3 is 15.4 Å². The molecule has 1 saturated heterocycles. The van der Waals surface area contributed by atoms with E-state index in [1.807, 2.05) is 24.4 Å². The van der Waals surface area contributed by atoms with Gasteiger partial charge >= 0.3 is 0 Å². The molecule has 2 N–H and O–H groups in total. The molecule has 1 aliphatic heterocycles. The summed E-state index contributed by atoms with van der Waals surface area (Å²) in [4.78, 5) is 15.3. The molecule has 6 nitrogen and oxygen atoms in total. The molecule has 2 aromatic heterocycles. The van der Waals surface area contributed by atoms with Gasteiger partial charge in [-0.1, -0.05) is 6.07 Å². The summed E-state index contributed by atoms with van der Waals surface area (Å²) in [6, 6.07) is 8.08. The van der Waals surface area contributed by atoms with Crippen molar-refractivity contribution in [1.29, 1.82) is 0 Å². The van der Waals surface area contributed by atoms with Crippen molar-refractivity contribution in [1.82, 2.24) is 15.0 Å². The lowest BCUT2D eigenvalue weighted by atomic mass is 10.0. The Labute approximate surface area is 133 Å². The van der Waals surface area contributed by atoms with Crippen LogP contribution >= 0.6 is 0 Å². The number of pyridine rings is 1. The largest absolute Gasteiger partial charge is 0.397 e. The van der Waals surface area contributed by atoms with Crippen molar-refractivity contribution in [3.05, 3.63) is 43.0 Å². The summed E-state index contributed by atoms with van der Waals surface area (Å²) in [6.45, 7) is 3.14. The summed E-state index contributed by atoms with van der Waals surface area (Å²) < 4.78 is 5.43. The lowest BCUT2D eigenvalue weighted by molar-refractivity contribution is 0.122. The minimum absolute atomic E-state index is 0.653. The number of morpholine rings is 1. The summed E-state index contributed by atoms with van der Waals surface area (Å²) in [5.74, 6) is 0.956. The average Bonchev–Trinajstić information content (AvgIpc) is 2.61. The van der Waals surface area contributed by atoms with Crippen LogP contribution in [0.4, 0.5) is 11.5 Å². The molecule has 0 unspecified atom stereocenters. The average molecular weight is 307 g/mol. The van der Waals surface area contributed by atoms with E-state index in [4.69, 9.17) is 10.5 Å². The van der Waals surface area contributed by atoms with Gasteiger partial charge in [-0.25, -0.2) is 9.97 Å². The zero-order valence-corrected chi connectivity index (χ0v) is 12.6. The number of nitrogens with zero attached hydrogens (tertiary/aromatic N) is 4. The summed E-state index contributed by atoms with van der Waals surface area (Å²) >= 11 is 0. The first-order valence-electron chi connectivity index (χ1n) is 7.59. The van der Waals surface area contributed by atoms with Gasteiger partial charge in [0, 0.05) is 36.4 Å². The van der Waals surface area contributed by atoms with Crippen LogP contribution in [-0.2, 0) is 4.74 Å². The van der Waals surface area contributed by atoms with Crippen LogP contribution in [0.25, 0.3) is 22.0 Å². The van der Waals surface area contributed by atoms with Crippen LogP contribution in [0.2, 0.25) is 0 Å². The van der Waals surface area contributed by atoms with E-state index in [0.717, 1.165) is 54.2 Å². The van der Waals surface area contributed by atoms with Crippen LogP contribution in [0, 0.1) is 0 Å². The molecular formula is C17H17N5O. The van der Waals surface area contributed by atoms with Gasteiger partial charge in [-0.05, 0) is 23.8 Å². The van der Waals surface area contributed by atoms with Gasteiger partial charge in [0.25, 0.3) is 0 Å². The molecule has 1 aliphatic rings. The molecule has 3 heterocycles. The first kappa shape index (κ1) is 13.9. The van der Waals surface area contributed by atoms with Gasteiger partial charge in [-0.2, -0.15) is 0 Å². The van der Waals surface area contributed by atoms with Gasteiger partial charge in [0.2, 0.25) is 0 Å². The van der Waals surface area contributed by atoms with E-state index in [1.54, 1.807) is 12.5 Å². The molecular weight excluding hydrogens is 290 g/mol. The molecule has 0 amide bonds. The predicted molar refractivity (Wildman–Crippen MR) is 90.2 cm³/mol. The van der Waals surface area contributed by atoms with Crippen molar-refractivity contribution in [2.24, 2.45) is 0 Å². The maximum absolute atomic E-state index is 5.85. The minimum Gasteiger partial charge on any atom is -0.397 e. The molecule has 1 fully saturated rings. The van der Waals surface area contributed by atoms with Crippen LogP contribution in [0.15, 0.2) is 43.0 Å². The van der Waals surface area contributed by atoms with E-state index in [2.05, 4.69) is 25.9 Å². The Hall–Kier alpha value is -2.73. The standard InChI is InChI=1S/C17H17N5O/c18-14-7-13(9-19-10-14)12-1-2-16-15(8-12)17(21-11-20-16)22-3-5-23-6-4-22/h1-2,7-11H,3-6,18H2. The molecule has 0 radical (unpaired) electrons. The Kier molecular flexibility index (Phi) is 3.51. The van der Waals surface area contributed by atoms with Gasteiger partial charge in [-0.3, -0.25) is 4.98 Å². The van der Waals surface area contributed by atoms with Gasteiger partial charge in [0.1, 0.15) is 12.1 Å². The number of rotatable bonds is 2. The molecule has 0 saturated carbocycles. The number of nitrogen functional groups attached to an aromatic ring is 1. The second kappa shape index (κ2) is 5.81. The Morgan fingerprint density at radius 3 is 2.70 bits per heavy atom. The maximum atomic E-state index is 5.85. The summed E-state index contributed by atoms with van der Waals surface area (Å²) in [7, 11) is 0. The number of fused-ring (bicyclic) bond motifs is 1. The molecule has 0 atom stereocenters. The van der Waals surface area contributed by atoms with Crippen LogP contribution in [0.5, 0.6) is 0 Å². The van der Waals surface area contributed by atoms with E-state index >= 15 is 0 Å². The van der Waals surface area contributed by atoms with Gasteiger partial charge in [0.15, 0.2) is 0 Å². The lowest BCUT2D eigenvalue weighted by Gasteiger charge is -2.28. The van der Waals surface area contributed by atoms with Crippen molar-refractivity contribution in [3.8, 4) is 11.1 Å². The van der Waals surface area contributed by atoms with Crippen LogP contribution < -0.4 is 10.6 Å². The molecule has 0 bridgehead atoms.